The molecule has 2 amide bonds. The van der Waals surface area contributed by atoms with Gasteiger partial charge in [0.25, 0.3) is 11.8 Å². The van der Waals surface area contributed by atoms with Crippen LogP contribution in [0.1, 0.15) is 25.0 Å². The Balaban J connectivity index is 1.51. The van der Waals surface area contributed by atoms with Crippen LogP contribution in [0, 0.1) is 12.8 Å². The molecule has 12 heteroatoms. The van der Waals surface area contributed by atoms with Crippen LogP contribution in [-0.4, -0.2) is 39.1 Å². The molecule has 39 heavy (non-hydrogen) atoms. The maximum atomic E-state index is 12.7. The minimum Gasteiger partial charge on any atom is -0.484 e. The van der Waals surface area contributed by atoms with Gasteiger partial charge in [0.15, 0.2) is 6.61 Å². The van der Waals surface area contributed by atoms with Gasteiger partial charge in [0.2, 0.25) is 10.0 Å². The first-order chi connectivity index (χ1) is 18.4. The van der Waals surface area contributed by atoms with Gasteiger partial charge in [-0.05, 0) is 73.0 Å². The number of hydrogen-bond acceptors (Lipinski definition) is 6. The van der Waals surface area contributed by atoms with E-state index in [1.54, 1.807) is 62.4 Å². The second kappa shape index (κ2) is 13.6. The molecule has 0 heterocycles. The molecule has 0 saturated carbocycles. The normalized spacial score (nSPS) is 12.4. The Morgan fingerprint density at radius 2 is 1.64 bits per heavy atom. The number of hydrogen-bond donors (Lipinski definition) is 3. The summed E-state index contributed by atoms with van der Waals surface area (Å²) in [7, 11) is -3.90. The van der Waals surface area contributed by atoms with E-state index < -0.39 is 22.0 Å². The number of carbonyl (C=O) groups excluding carboxylic acids is 2. The topological polar surface area (TPSA) is 126 Å². The van der Waals surface area contributed by atoms with E-state index in [0.29, 0.717) is 27.0 Å². The summed E-state index contributed by atoms with van der Waals surface area (Å²) in [4.78, 5) is 24.9. The van der Waals surface area contributed by atoms with Gasteiger partial charge in [0, 0.05) is 5.69 Å². The van der Waals surface area contributed by atoms with E-state index in [0.717, 1.165) is 5.56 Å². The predicted octanol–water partition coefficient (Wildman–Crippen LogP) is 4.77. The zero-order valence-corrected chi connectivity index (χ0v) is 23.8. The molecule has 0 aliphatic carbocycles. The summed E-state index contributed by atoms with van der Waals surface area (Å²) in [5.41, 5.74) is 4.44. The molecule has 0 saturated heterocycles. The lowest BCUT2D eigenvalue weighted by Crippen LogP contribution is -2.48. The Morgan fingerprint density at radius 1 is 0.974 bits per heavy atom. The molecule has 0 spiro atoms. The summed E-state index contributed by atoms with van der Waals surface area (Å²) in [5.74, 6) is -0.846. The average Bonchev–Trinajstić information content (AvgIpc) is 2.89. The fourth-order valence-corrected chi connectivity index (χ4v) is 4.90. The van der Waals surface area contributed by atoms with Gasteiger partial charge in [-0.2, -0.15) is 9.82 Å². The first-order valence-electron chi connectivity index (χ1n) is 11.8. The van der Waals surface area contributed by atoms with E-state index in [-0.39, 0.29) is 23.3 Å². The van der Waals surface area contributed by atoms with Crippen LogP contribution in [0.2, 0.25) is 10.0 Å². The second-order valence-corrected chi connectivity index (χ2v) is 11.5. The lowest BCUT2D eigenvalue weighted by Gasteiger charge is -2.20. The van der Waals surface area contributed by atoms with Crippen molar-refractivity contribution in [3.63, 3.8) is 0 Å². The monoisotopic (exact) mass is 590 g/mol. The number of hydrazone groups is 1. The molecule has 1 atom stereocenters. The fraction of sp³-hybridized carbons (Fsp3) is 0.222. The molecule has 0 aliphatic heterocycles. The molecule has 0 radical (unpaired) electrons. The Bertz CT molecular complexity index is 1440. The summed E-state index contributed by atoms with van der Waals surface area (Å²) in [6, 6.07) is 16.7. The van der Waals surface area contributed by atoms with Crippen molar-refractivity contribution in [1.29, 1.82) is 0 Å². The lowest BCUT2D eigenvalue weighted by molar-refractivity contribution is -0.123. The highest BCUT2D eigenvalue weighted by molar-refractivity contribution is 7.89. The Labute approximate surface area is 237 Å². The largest absolute Gasteiger partial charge is 0.484 e. The number of aryl methyl sites for hydroxylation is 1. The molecule has 0 bridgehead atoms. The molecule has 3 aromatic carbocycles. The van der Waals surface area contributed by atoms with Crippen LogP contribution in [0.5, 0.6) is 5.75 Å². The van der Waals surface area contributed by atoms with Crippen LogP contribution in [0.3, 0.4) is 0 Å². The summed E-state index contributed by atoms with van der Waals surface area (Å²) in [5, 5.41) is 7.31. The minimum absolute atomic E-state index is 0.0733. The lowest BCUT2D eigenvalue weighted by atomic mass is 10.1. The Kier molecular flexibility index (Phi) is 10.5. The number of sulfonamides is 1. The molecular weight excluding hydrogens is 563 g/mol. The Hall–Kier alpha value is -3.44. The molecule has 3 rings (SSSR count). The van der Waals surface area contributed by atoms with Crippen molar-refractivity contribution in [3.8, 4) is 5.75 Å². The number of ether oxygens (including phenoxy) is 1. The Morgan fingerprint density at radius 3 is 2.26 bits per heavy atom. The highest BCUT2D eigenvalue weighted by Crippen LogP contribution is 2.25. The first kappa shape index (κ1) is 30.1. The maximum Gasteiger partial charge on any atom is 0.262 e. The van der Waals surface area contributed by atoms with E-state index >= 15 is 0 Å². The third-order valence-electron chi connectivity index (χ3n) is 5.40. The minimum atomic E-state index is -3.90. The van der Waals surface area contributed by atoms with Gasteiger partial charge in [-0.3, -0.25) is 9.59 Å². The molecule has 0 unspecified atom stereocenters. The van der Waals surface area contributed by atoms with Crippen molar-refractivity contribution >= 4 is 56.9 Å². The van der Waals surface area contributed by atoms with Crippen molar-refractivity contribution in [2.45, 2.75) is 31.7 Å². The number of nitrogens with one attached hydrogen (secondary N) is 3. The van der Waals surface area contributed by atoms with Gasteiger partial charge < -0.3 is 10.1 Å². The molecule has 0 aliphatic rings. The number of nitrogens with zero attached hydrogens (tertiary/aromatic N) is 1. The van der Waals surface area contributed by atoms with Crippen LogP contribution < -0.4 is 20.2 Å². The number of amides is 2. The zero-order chi connectivity index (χ0) is 28.6. The molecule has 3 N–H and O–H groups in total. The van der Waals surface area contributed by atoms with E-state index in [1.165, 1.54) is 24.4 Å². The SMILES string of the molecule is Cc1ccc(S(=O)(=O)N[C@H](C(=O)N/N=C\c2ccc(OCC(=O)Nc3ccc(Cl)c(Cl)c3)cc2)C(C)C)cc1. The quantitative estimate of drug-likeness (QED) is 0.219. The van der Waals surface area contributed by atoms with Crippen LogP contribution in [0.25, 0.3) is 0 Å². The van der Waals surface area contributed by atoms with Crippen molar-refractivity contribution in [2.75, 3.05) is 11.9 Å². The zero-order valence-electron chi connectivity index (χ0n) is 21.4. The predicted molar refractivity (Wildman–Crippen MR) is 153 cm³/mol. The van der Waals surface area contributed by atoms with Crippen LogP contribution in [0.15, 0.2) is 76.7 Å². The van der Waals surface area contributed by atoms with Crippen LogP contribution in [0.4, 0.5) is 5.69 Å². The van der Waals surface area contributed by atoms with Gasteiger partial charge in [-0.1, -0.05) is 54.7 Å². The first-order valence-corrected chi connectivity index (χ1v) is 14.1. The number of rotatable bonds is 11. The number of anilines is 1. The van der Waals surface area contributed by atoms with Gasteiger partial charge in [0.05, 0.1) is 21.2 Å². The van der Waals surface area contributed by atoms with Crippen molar-refractivity contribution < 1.29 is 22.7 Å². The highest BCUT2D eigenvalue weighted by atomic mass is 35.5. The summed E-state index contributed by atoms with van der Waals surface area (Å²) in [6.45, 7) is 5.09. The number of halogens is 2. The third kappa shape index (κ3) is 9.07. The summed E-state index contributed by atoms with van der Waals surface area (Å²) >= 11 is 11.8. The van der Waals surface area contributed by atoms with Crippen molar-refractivity contribution in [2.24, 2.45) is 11.0 Å². The van der Waals surface area contributed by atoms with E-state index in [4.69, 9.17) is 27.9 Å². The summed E-state index contributed by atoms with van der Waals surface area (Å²) in [6.07, 6.45) is 1.41. The fourth-order valence-electron chi connectivity index (χ4n) is 3.25. The molecule has 0 aromatic heterocycles. The summed E-state index contributed by atoms with van der Waals surface area (Å²) < 4.78 is 33.4. The molecule has 206 valence electrons. The van der Waals surface area contributed by atoms with E-state index in [1.807, 2.05) is 6.92 Å². The van der Waals surface area contributed by atoms with Gasteiger partial charge in [-0.25, -0.2) is 13.8 Å². The van der Waals surface area contributed by atoms with Crippen molar-refractivity contribution in [1.82, 2.24) is 10.1 Å². The van der Waals surface area contributed by atoms with Crippen molar-refractivity contribution in [3.05, 3.63) is 87.9 Å². The van der Waals surface area contributed by atoms with Gasteiger partial charge >= 0.3 is 0 Å². The maximum absolute atomic E-state index is 12.7. The van der Waals surface area contributed by atoms with Crippen LogP contribution >= 0.6 is 23.2 Å². The van der Waals surface area contributed by atoms with Crippen LogP contribution in [-0.2, 0) is 19.6 Å². The van der Waals surface area contributed by atoms with E-state index in [9.17, 15) is 18.0 Å². The molecule has 9 nitrogen and oxygen atoms in total. The highest BCUT2D eigenvalue weighted by Gasteiger charge is 2.28. The average molecular weight is 592 g/mol. The standard InChI is InChI=1S/C27H28Cl2N4O5S/c1-17(2)26(33-39(36,37)22-11-4-18(3)5-12-22)27(35)32-30-15-19-6-9-21(10-7-19)38-16-25(34)31-20-8-13-23(28)24(29)14-20/h4-15,17,26,33H,16H2,1-3H3,(H,31,34)(H,32,35)/b30-15-/t26-/m0/s1. The second-order valence-electron chi connectivity index (χ2n) is 8.93. The smallest absolute Gasteiger partial charge is 0.262 e. The number of carbonyl (C=O) groups is 2. The van der Waals surface area contributed by atoms with Gasteiger partial charge in [-0.15, -0.1) is 0 Å². The third-order valence-corrected chi connectivity index (χ3v) is 7.60. The molecule has 0 fully saturated rings. The van der Waals surface area contributed by atoms with Gasteiger partial charge in [0.1, 0.15) is 11.8 Å². The molecule has 3 aromatic rings. The molecular formula is C27H28Cl2N4O5S. The number of benzene rings is 3. The van der Waals surface area contributed by atoms with E-state index in [2.05, 4.69) is 20.6 Å².